The van der Waals surface area contributed by atoms with Crippen LogP contribution in [0.1, 0.15) is 21.3 Å². The number of carbonyl (C=O) groups is 1. The maximum absolute atomic E-state index is 13.0. The first-order valence-corrected chi connectivity index (χ1v) is 9.00. The third kappa shape index (κ3) is 3.69. The van der Waals surface area contributed by atoms with E-state index in [1.54, 1.807) is 39.2 Å². The topological polar surface area (TPSA) is 48.0 Å². The minimum absolute atomic E-state index is 0.00399. The number of thioether (sulfide) groups is 1. The van der Waals surface area contributed by atoms with Crippen LogP contribution in [0.3, 0.4) is 0 Å². The molecule has 25 heavy (non-hydrogen) atoms. The first-order valence-electron chi connectivity index (χ1n) is 7.96. The number of amides is 1. The fraction of sp³-hybridized carbons (Fsp3) is 0.316. The van der Waals surface area contributed by atoms with Crippen LogP contribution < -0.4 is 14.2 Å². The molecule has 5 nitrogen and oxygen atoms in total. The van der Waals surface area contributed by atoms with Gasteiger partial charge >= 0.3 is 0 Å². The number of carbonyl (C=O) groups excluding carboxylic acids is 1. The van der Waals surface area contributed by atoms with Gasteiger partial charge in [0, 0.05) is 23.9 Å². The third-order valence-electron chi connectivity index (χ3n) is 4.13. The highest BCUT2D eigenvalue weighted by molar-refractivity contribution is 7.99. The monoisotopic (exact) mass is 359 g/mol. The van der Waals surface area contributed by atoms with Gasteiger partial charge in [0.2, 0.25) is 0 Å². The molecule has 1 aliphatic rings. The molecule has 1 heterocycles. The molecular weight excluding hydrogens is 338 g/mol. The molecule has 6 heteroatoms. The molecule has 0 radical (unpaired) electrons. The van der Waals surface area contributed by atoms with Gasteiger partial charge in [0.25, 0.3) is 5.91 Å². The average Bonchev–Trinajstić information content (AvgIpc) is 3.16. The Morgan fingerprint density at radius 1 is 1.00 bits per heavy atom. The molecule has 0 bridgehead atoms. The highest BCUT2D eigenvalue weighted by atomic mass is 32.2. The summed E-state index contributed by atoms with van der Waals surface area (Å²) in [5.74, 6) is 3.00. The maximum Gasteiger partial charge on any atom is 0.255 e. The zero-order chi connectivity index (χ0) is 17.8. The van der Waals surface area contributed by atoms with Crippen LogP contribution in [0.4, 0.5) is 0 Å². The summed E-state index contributed by atoms with van der Waals surface area (Å²) < 4.78 is 15.9. The zero-order valence-electron chi connectivity index (χ0n) is 14.5. The van der Waals surface area contributed by atoms with Crippen LogP contribution in [0.25, 0.3) is 0 Å². The zero-order valence-corrected chi connectivity index (χ0v) is 15.3. The molecule has 1 aliphatic heterocycles. The van der Waals surface area contributed by atoms with Crippen molar-refractivity contribution in [3.63, 3.8) is 0 Å². The Bertz CT molecular complexity index is 743. The predicted molar refractivity (Wildman–Crippen MR) is 98.8 cm³/mol. The second kappa shape index (κ2) is 7.70. The molecule has 2 aromatic rings. The first kappa shape index (κ1) is 17.5. The van der Waals surface area contributed by atoms with Gasteiger partial charge in [-0.1, -0.05) is 6.07 Å². The lowest BCUT2D eigenvalue weighted by atomic mass is 10.1. The van der Waals surface area contributed by atoms with E-state index in [2.05, 4.69) is 0 Å². The van der Waals surface area contributed by atoms with Crippen molar-refractivity contribution in [1.82, 2.24) is 4.90 Å². The van der Waals surface area contributed by atoms with Gasteiger partial charge in [0.1, 0.15) is 22.6 Å². The SMILES string of the molecule is COc1cccc(C(=O)N2CCSC2c2cc(OC)cc(OC)c2)c1. The van der Waals surface area contributed by atoms with Crippen molar-refractivity contribution in [2.45, 2.75) is 5.37 Å². The van der Waals surface area contributed by atoms with Crippen LogP contribution in [0.15, 0.2) is 42.5 Å². The number of benzene rings is 2. The average molecular weight is 359 g/mol. The molecule has 3 rings (SSSR count). The van der Waals surface area contributed by atoms with E-state index in [1.807, 2.05) is 41.3 Å². The lowest BCUT2D eigenvalue weighted by Crippen LogP contribution is -2.30. The first-order chi connectivity index (χ1) is 12.2. The molecule has 1 amide bonds. The number of hydrogen-bond donors (Lipinski definition) is 0. The van der Waals surface area contributed by atoms with Gasteiger partial charge in [-0.3, -0.25) is 4.79 Å². The van der Waals surface area contributed by atoms with Gasteiger partial charge in [0.05, 0.1) is 21.3 Å². The number of ether oxygens (including phenoxy) is 3. The molecule has 132 valence electrons. The van der Waals surface area contributed by atoms with E-state index in [-0.39, 0.29) is 11.3 Å². The molecule has 0 aromatic heterocycles. The van der Waals surface area contributed by atoms with Crippen LogP contribution in [0.5, 0.6) is 17.2 Å². The van der Waals surface area contributed by atoms with Crippen LogP contribution in [0.2, 0.25) is 0 Å². The molecular formula is C19H21NO4S. The lowest BCUT2D eigenvalue weighted by molar-refractivity contribution is 0.0759. The van der Waals surface area contributed by atoms with Crippen LogP contribution in [0, 0.1) is 0 Å². The van der Waals surface area contributed by atoms with E-state index in [0.29, 0.717) is 17.9 Å². The van der Waals surface area contributed by atoms with Crippen molar-refractivity contribution in [2.24, 2.45) is 0 Å². The van der Waals surface area contributed by atoms with Crippen molar-refractivity contribution in [3.05, 3.63) is 53.6 Å². The highest BCUT2D eigenvalue weighted by Crippen LogP contribution is 2.41. The molecule has 1 unspecified atom stereocenters. The summed E-state index contributed by atoms with van der Waals surface area (Å²) in [5, 5.41) is -0.0669. The van der Waals surface area contributed by atoms with E-state index >= 15 is 0 Å². The van der Waals surface area contributed by atoms with Gasteiger partial charge in [-0.15, -0.1) is 11.8 Å². The molecule has 0 spiro atoms. The van der Waals surface area contributed by atoms with Crippen molar-refractivity contribution in [1.29, 1.82) is 0 Å². The number of rotatable bonds is 5. The van der Waals surface area contributed by atoms with E-state index in [9.17, 15) is 4.79 Å². The smallest absolute Gasteiger partial charge is 0.255 e. The Morgan fingerprint density at radius 2 is 1.68 bits per heavy atom. The molecule has 1 fully saturated rings. The summed E-state index contributed by atoms with van der Waals surface area (Å²) in [6.45, 7) is 0.699. The van der Waals surface area contributed by atoms with Crippen molar-refractivity contribution in [2.75, 3.05) is 33.6 Å². The molecule has 0 saturated carbocycles. The van der Waals surface area contributed by atoms with Gasteiger partial charge in [-0.2, -0.15) is 0 Å². The quantitative estimate of drug-likeness (QED) is 0.816. The van der Waals surface area contributed by atoms with E-state index in [0.717, 1.165) is 22.8 Å². The molecule has 0 aliphatic carbocycles. The lowest BCUT2D eigenvalue weighted by Gasteiger charge is -2.25. The fourth-order valence-corrected chi connectivity index (χ4v) is 4.08. The van der Waals surface area contributed by atoms with E-state index < -0.39 is 0 Å². The minimum Gasteiger partial charge on any atom is -0.497 e. The summed E-state index contributed by atoms with van der Waals surface area (Å²) >= 11 is 1.74. The van der Waals surface area contributed by atoms with Crippen LogP contribution in [-0.2, 0) is 0 Å². The van der Waals surface area contributed by atoms with Crippen molar-refractivity contribution in [3.8, 4) is 17.2 Å². The Morgan fingerprint density at radius 3 is 2.32 bits per heavy atom. The molecule has 1 atom stereocenters. The summed E-state index contributed by atoms with van der Waals surface area (Å²) in [7, 11) is 4.85. The fourth-order valence-electron chi connectivity index (χ4n) is 2.85. The largest absolute Gasteiger partial charge is 0.497 e. The molecule has 0 N–H and O–H groups in total. The van der Waals surface area contributed by atoms with E-state index in [4.69, 9.17) is 14.2 Å². The van der Waals surface area contributed by atoms with Gasteiger partial charge in [-0.05, 0) is 35.9 Å². The summed E-state index contributed by atoms with van der Waals surface area (Å²) in [5.41, 5.74) is 1.62. The Labute approximate surface area is 151 Å². The second-order valence-electron chi connectivity index (χ2n) is 5.60. The number of hydrogen-bond acceptors (Lipinski definition) is 5. The highest BCUT2D eigenvalue weighted by Gasteiger charge is 2.32. The second-order valence-corrected chi connectivity index (χ2v) is 6.79. The normalized spacial score (nSPS) is 16.6. The van der Waals surface area contributed by atoms with Gasteiger partial charge < -0.3 is 19.1 Å². The molecule has 1 saturated heterocycles. The standard InChI is InChI=1S/C19H21NO4S/c1-22-15-6-4-5-13(9-15)18(21)20-7-8-25-19(20)14-10-16(23-2)12-17(11-14)24-3/h4-6,9-12,19H,7-8H2,1-3H3. The number of methoxy groups -OCH3 is 3. The van der Waals surface area contributed by atoms with Gasteiger partial charge in [0.15, 0.2) is 0 Å². The molecule has 2 aromatic carbocycles. The summed E-state index contributed by atoms with van der Waals surface area (Å²) in [6.07, 6.45) is 0. The minimum atomic E-state index is -0.0669. The van der Waals surface area contributed by atoms with Crippen LogP contribution >= 0.6 is 11.8 Å². The third-order valence-corrected chi connectivity index (χ3v) is 5.39. The Kier molecular flexibility index (Phi) is 5.38. The predicted octanol–water partition coefficient (Wildman–Crippen LogP) is 3.60. The summed E-state index contributed by atoms with van der Waals surface area (Å²) in [4.78, 5) is 14.9. The van der Waals surface area contributed by atoms with Crippen molar-refractivity contribution < 1.29 is 19.0 Å². The van der Waals surface area contributed by atoms with Crippen molar-refractivity contribution >= 4 is 17.7 Å². The Hall–Kier alpha value is -2.34. The van der Waals surface area contributed by atoms with Crippen LogP contribution in [-0.4, -0.2) is 44.4 Å². The van der Waals surface area contributed by atoms with E-state index in [1.165, 1.54) is 0 Å². The maximum atomic E-state index is 13.0. The van der Waals surface area contributed by atoms with Gasteiger partial charge in [-0.25, -0.2) is 0 Å². The number of nitrogens with zero attached hydrogens (tertiary/aromatic N) is 1. The Balaban J connectivity index is 1.91. The summed E-state index contributed by atoms with van der Waals surface area (Å²) in [6, 6.07) is 13.0.